The van der Waals surface area contributed by atoms with E-state index in [1.54, 1.807) is 12.1 Å². The number of halogens is 1. The van der Waals surface area contributed by atoms with Crippen LogP contribution in [0.15, 0.2) is 18.2 Å². The number of likely N-dealkylation sites (N-methyl/N-ethyl adjacent to an activating group) is 2. The number of nitrogens with zero attached hydrogens (tertiary/aromatic N) is 1. The fourth-order valence-electron chi connectivity index (χ4n) is 3.66. The van der Waals surface area contributed by atoms with Gasteiger partial charge in [-0.2, -0.15) is 0 Å². The molecule has 1 saturated carbocycles. The molecule has 106 valence electrons. The second-order valence-corrected chi connectivity index (χ2v) is 5.93. The lowest BCUT2D eigenvalue weighted by molar-refractivity contribution is 0.108. The molecule has 1 aliphatic rings. The maximum Gasteiger partial charge on any atom is 0.123 e. The number of benzene rings is 1. The lowest BCUT2D eigenvalue weighted by Crippen LogP contribution is -2.51. The first-order valence-electron chi connectivity index (χ1n) is 7.12. The van der Waals surface area contributed by atoms with Gasteiger partial charge in [0.2, 0.25) is 0 Å². The van der Waals surface area contributed by atoms with Crippen LogP contribution in [0.25, 0.3) is 0 Å². The van der Waals surface area contributed by atoms with Gasteiger partial charge in [0.05, 0.1) is 6.04 Å². The first-order chi connectivity index (χ1) is 9.01. The van der Waals surface area contributed by atoms with Crippen molar-refractivity contribution in [2.75, 3.05) is 21.1 Å². The Hall–Kier alpha value is -0.930. The minimum atomic E-state index is -0.151. The molecule has 1 N–H and O–H groups in total. The first kappa shape index (κ1) is 14.5. The normalized spacial score (nSPS) is 19.9. The second-order valence-electron chi connectivity index (χ2n) is 5.93. The Kier molecular flexibility index (Phi) is 4.26. The predicted octanol–water partition coefficient (Wildman–Crippen LogP) is 3.27. The van der Waals surface area contributed by atoms with Gasteiger partial charge in [-0.05, 0) is 64.2 Å². The highest BCUT2D eigenvalue weighted by Crippen LogP contribution is 2.43. The van der Waals surface area contributed by atoms with Crippen LogP contribution < -0.4 is 5.32 Å². The van der Waals surface area contributed by atoms with E-state index in [0.717, 1.165) is 5.56 Å². The molecule has 3 heteroatoms. The SMILES string of the molecule is CNC(c1ccc(F)cc1C)C1(N(C)C)CCCC1. The van der Waals surface area contributed by atoms with Gasteiger partial charge in [0.25, 0.3) is 0 Å². The van der Waals surface area contributed by atoms with Crippen LogP contribution in [0.4, 0.5) is 4.39 Å². The summed E-state index contributed by atoms with van der Waals surface area (Å²) in [4.78, 5) is 2.35. The van der Waals surface area contributed by atoms with E-state index in [2.05, 4.69) is 24.3 Å². The van der Waals surface area contributed by atoms with E-state index in [4.69, 9.17) is 0 Å². The van der Waals surface area contributed by atoms with Gasteiger partial charge in [-0.15, -0.1) is 0 Å². The zero-order valence-electron chi connectivity index (χ0n) is 12.5. The zero-order chi connectivity index (χ0) is 14.0. The standard InChI is InChI=1S/C16H25FN2/c1-12-11-13(17)7-8-14(12)15(18-2)16(19(3)4)9-5-6-10-16/h7-8,11,15,18H,5-6,9-10H2,1-4H3. The van der Waals surface area contributed by atoms with Crippen LogP contribution in [0.1, 0.15) is 42.9 Å². The number of aryl methyl sites for hydroxylation is 1. The third-order valence-electron chi connectivity index (χ3n) is 4.73. The van der Waals surface area contributed by atoms with Crippen LogP contribution in [0, 0.1) is 12.7 Å². The number of hydrogen-bond acceptors (Lipinski definition) is 2. The van der Waals surface area contributed by atoms with Crippen molar-refractivity contribution in [3.63, 3.8) is 0 Å². The number of rotatable bonds is 4. The molecule has 0 bridgehead atoms. The Morgan fingerprint density at radius 1 is 1.26 bits per heavy atom. The Bertz CT molecular complexity index is 436. The molecule has 1 atom stereocenters. The van der Waals surface area contributed by atoms with Crippen molar-refractivity contribution >= 4 is 0 Å². The van der Waals surface area contributed by atoms with Crippen molar-refractivity contribution in [2.24, 2.45) is 0 Å². The van der Waals surface area contributed by atoms with Crippen LogP contribution in [-0.2, 0) is 0 Å². The van der Waals surface area contributed by atoms with Crippen LogP contribution in [-0.4, -0.2) is 31.6 Å². The molecular weight excluding hydrogens is 239 g/mol. The van der Waals surface area contributed by atoms with Crippen molar-refractivity contribution in [1.29, 1.82) is 0 Å². The molecule has 0 heterocycles. The molecule has 1 aromatic rings. The summed E-state index contributed by atoms with van der Waals surface area (Å²) < 4.78 is 13.3. The molecular formula is C16H25FN2. The van der Waals surface area contributed by atoms with E-state index in [9.17, 15) is 4.39 Å². The minimum Gasteiger partial charge on any atom is -0.311 e. The molecule has 0 spiro atoms. The zero-order valence-corrected chi connectivity index (χ0v) is 12.5. The van der Waals surface area contributed by atoms with Gasteiger partial charge in [-0.1, -0.05) is 18.9 Å². The molecule has 1 fully saturated rings. The van der Waals surface area contributed by atoms with E-state index in [-0.39, 0.29) is 17.4 Å². The highest BCUT2D eigenvalue weighted by molar-refractivity contribution is 5.32. The molecule has 1 aliphatic carbocycles. The van der Waals surface area contributed by atoms with Crippen molar-refractivity contribution in [2.45, 2.75) is 44.2 Å². The van der Waals surface area contributed by atoms with Gasteiger partial charge < -0.3 is 10.2 Å². The minimum absolute atomic E-state index is 0.150. The van der Waals surface area contributed by atoms with Crippen LogP contribution in [0.3, 0.4) is 0 Å². The van der Waals surface area contributed by atoms with Gasteiger partial charge in [0.1, 0.15) is 5.82 Å². The van der Waals surface area contributed by atoms with Gasteiger partial charge in [0, 0.05) is 5.54 Å². The highest BCUT2D eigenvalue weighted by Gasteiger charge is 2.43. The van der Waals surface area contributed by atoms with E-state index < -0.39 is 0 Å². The summed E-state index contributed by atoms with van der Waals surface area (Å²) in [7, 11) is 6.33. The summed E-state index contributed by atoms with van der Waals surface area (Å²) in [6, 6.07) is 5.41. The maximum atomic E-state index is 13.3. The highest BCUT2D eigenvalue weighted by atomic mass is 19.1. The van der Waals surface area contributed by atoms with E-state index >= 15 is 0 Å². The van der Waals surface area contributed by atoms with Crippen molar-refractivity contribution in [3.8, 4) is 0 Å². The Morgan fingerprint density at radius 3 is 2.37 bits per heavy atom. The molecule has 19 heavy (non-hydrogen) atoms. The molecule has 0 radical (unpaired) electrons. The maximum absolute atomic E-state index is 13.3. The first-order valence-corrected chi connectivity index (χ1v) is 7.12. The quantitative estimate of drug-likeness (QED) is 0.898. The monoisotopic (exact) mass is 264 g/mol. The number of nitrogens with one attached hydrogen (secondary N) is 1. The molecule has 0 aliphatic heterocycles. The average Bonchev–Trinajstić information content (AvgIpc) is 2.83. The molecule has 2 rings (SSSR count). The molecule has 1 aromatic carbocycles. The van der Waals surface area contributed by atoms with Crippen molar-refractivity contribution in [1.82, 2.24) is 10.2 Å². The second kappa shape index (κ2) is 5.59. The third-order valence-corrected chi connectivity index (χ3v) is 4.73. The summed E-state index contributed by atoms with van der Waals surface area (Å²) in [5, 5.41) is 3.48. The third kappa shape index (κ3) is 2.54. The van der Waals surface area contributed by atoms with Gasteiger partial charge in [-0.25, -0.2) is 4.39 Å². The molecule has 2 nitrogen and oxygen atoms in total. The van der Waals surface area contributed by atoms with Crippen LogP contribution >= 0.6 is 0 Å². The Morgan fingerprint density at radius 2 is 1.89 bits per heavy atom. The summed E-state index contributed by atoms with van der Waals surface area (Å²) in [6.07, 6.45) is 4.94. The lowest BCUT2D eigenvalue weighted by atomic mass is 9.81. The summed E-state index contributed by atoms with van der Waals surface area (Å²) in [5.41, 5.74) is 2.41. The Balaban J connectivity index is 2.43. The van der Waals surface area contributed by atoms with Crippen molar-refractivity contribution in [3.05, 3.63) is 35.1 Å². The largest absolute Gasteiger partial charge is 0.311 e. The number of hydrogen-bond donors (Lipinski definition) is 1. The fourth-order valence-corrected chi connectivity index (χ4v) is 3.66. The summed E-state index contributed by atoms with van der Waals surface area (Å²) in [6.45, 7) is 2.00. The van der Waals surface area contributed by atoms with Gasteiger partial charge >= 0.3 is 0 Å². The average molecular weight is 264 g/mol. The Labute approximate surface area is 116 Å². The van der Waals surface area contributed by atoms with Crippen molar-refractivity contribution < 1.29 is 4.39 Å². The van der Waals surface area contributed by atoms with Crippen LogP contribution in [0.2, 0.25) is 0 Å². The lowest BCUT2D eigenvalue weighted by Gasteiger charge is -2.44. The van der Waals surface area contributed by atoms with Gasteiger partial charge in [-0.3, -0.25) is 0 Å². The molecule has 0 aromatic heterocycles. The van der Waals surface area contributed by atoms with Gasteiger partial charge in [0.15, 0.2) is 0 Å². The van der Waals surface area contributed by atoms with E-state index in [1.807, 2.05) is 20.0 Å². The summed E-state index contributed by atoms with van der Waals surface area (Å²) in [5.74, 6) is -0.151. The molecule has 1 unspecified atom stereocenters. The topological polar surface area (TPSA) is 15.3 Å². The smallest absolute Gasteiger partial charge is 0.123 e. The van der Waals surface area contributed by atoms with Crippen LogP contribution in [0.5, 0.6) is 0 Å². The van der Waals surface area contributed by atoms with E-state index in [0.29, 0.717) is 0 Å². The summed E-state index contributed by atoms with van der Waals surface area (Å²) >= 11 is 0. The molecule has 0 amide bonds. The predicted molar refractivity (Wildman–Crippen MR) is 77.8 cm³/mol. The molecule has 0 saturated heterocycles. The fraction of sp³-hybridized carbons (Fsp3) is 0.625. The van der Waals surface area contributed by atoms with E-state index in [1.165, 1.54) is 31.2 Å².